The first kappa shape index (κ1) is 13.5. The van der Waals surface area contributed by atoms with Gasteiger partial charge >= 0.3 is 0 Å². The number of fused-ring (bicyclic) bond motifs is 1. The average molecular weight is 352 g/mol. The second-order valence-corrected chi connectivity index (χ2v) is 6.11. The summed E-state index contributed by atoms with van der Waals surface area (Å²) in [6.07, 6.45) is 0. The Balaban J connectivity index is 1.97. The van der Waals surface area contributed by atoms with Crippen molar-refractivity contribution in [3.63, 3.8) is 0 Å². The van der Waals surface area contributed by atoms with E-state index in [0.29, 0.717) is 5.02 Å². The van der Waals surface area contributed by atoms with Gasteiger partial charge in [0, 0.05) is 26.4 Å². The topological polar surface area (TPSA) is 41.1 Å². The Hall–Kier alpha value is -1.52. The molecule has 0 fully saturated rings. The van der Waals surface area contributed by atoms with Crippen LogP contribution in [-0.2, 0) is 4.79 Å². The molecule has 1 aliphatic heterocycles. The van der Waals surface area contributed by atoms with E-state index in [-0.39, 0.29) is 5.91 Å². The van der Waals surface area contributed by atoms with Gasteiger partial charge in [-0.2, -0.15) is 0 Å². The third-order valence-electron chi connectivity index (χ3n) is 3.34. The molecular formula is C15H12BrClN2O. The van der Waals surface area contributed by atoms with Crippen molar-refractivity contribution in [2.75, 3.05) is 10.6 Å². The van der Waals surface area contributed by atoms with Crippen LogP contribution < -0.4 is 10.6 Å². The molecule has 2 aromatic rings. The molecule has 3 nitrogen and oxygen atoms in total. The van der Waals surface area contributed by atoms with Crippen LogP contribution in [0.4, 0.5) is 11.4 Å². The van der Waals surface area contributed by atoms with Gasteiger partial charge in [0.1, 0.15) is 6.04 Å². The Morgan fingerprint density at radius 3 is 2.85 bits per heavy atom. The molecule has 20 heavy (non-hydrogen) atoms. The summed E-state index contributed by atoms with van der Waals surface area (Å²) in [5.41, 5.74) is 3.69. The maximum absolute atomic E-state index is 12.1. The van der Waals surface area contributed by atoms with Crippen LogP contribution in [0.1, 0.15) is 17.2 Å². The largest absolute Gasteiger partial charge is 0.370 e. The third kappa shape index (κ3) is 2.41. The minimum atomic E-state index is -0.420. The molecule has 0 bridgehead atoms. The second-order valence-electron chi connectivity index (χ2n) is 4.76. The van der Waals surface area contributed by atoms with Gasteiger partial charge in [-0.25, -0.2) is 0 Å². The number of halogens is 2. The number of hydrogen-bond acceptors (Lipinski definition) is 2. The van der Waals surface area contributed by atoms with Crippen LogP contribution in [-0.4, -0.2) is 5.91 Å². The van der Waals surface area contributed by atoms with Crippen molar-refractivity contribution in [2.24, 2.45) is 0 Å². The molecule has 0 spiro atoms. The zero-order valence-electron chi connectivity index (χ0n) is 10.7. The van der Waals surface area contributed by atoms with Crippen LogP contribution >= 0.6 is 27.5 Å². The maximum Gasteiger partial charge on any atom is 0.251 e. The highest BCUT2D eigenvalue weighted by Crippen LogP contribution is 2.36. The van der Waals surface area contributed by atoms with E-state index < -0.39 is 6.04 Å². The SMILES string of the molecule is Cc1ccc(Br)cc1NC1C(=O)Nc2ccc(Cl)cc21. The average Bonchev–Trinajstić information content (AvgIpc) is 2.70. The Bertz CT molecular complexity index is 702. The van der Waals surface area contributed by atoms with Crippen LogP contribution in [0.2, 0.25) is 5.02 Å². The molecular weight excluding hydrogens is 340 g/mol. The van der Waals surface area contributed by atoms with E-state index in [4.69, 9.17) is 11.6 Å². The molecule has 1 heterocycles. The van der Waals surface area contributed by atoms with Gasteiger partial charge in [-0.15, -0.1) is 0 Å². The summed E-state index contributed by atoms with van der Waals surface area (Å²) in [7, 11) is 0. The quantitative estimate of drug-likeness (QED) is 0.835. The van der Waals surface area contributed by atoms with Gasteiger partial charge in [-0.05, 0) is 42.8 Å². The van der Waals surface area contributed by atoms with Crippen molar-refractivity contribution in [1.82, 2.24) is 0 Å². The summed E-state index contributed by atoms with van der Waals surface area (Å²) in [6.45, 7) is 2.00. The standard InChI is InChI=1S/C15H12BrClN2O/c1-8-2-3-9(16)6-13(8)18-14-11-7-10(17)4-5-12(11)19-15(14)20/h2-7,14,18H,1H3,(H,19,20). The number of carbonyl (C=O) groups is 1. The molecule has 1 unspecified atom stereocenters. The highest BCUT2D eigenvalue weighted by Gasteiger charge is 2.30. The lowest BCUT2D eigenvalue weighted by molar-refractivity contribution is -0.116. The zero-order valence-corrected chi connectivity index (χ0v) is 13.0. The summed E-state index contributed by atoms with van der Waals surface area (Å²) in [5, 5.41) is 6.76. The number of hydrogen-bond donors (Lipinski definition) is 2. The van der Waals surface area contributed by atoms with Crippen molar-refractivity contribution in [3.05, 3.63) is 57.0 Å². The molecule has 1 amide bonds. The molecule has 0 saturated heterocycles. The van der Waals surface area contributed by atoms with E-state index in [2.05, 4.69) is 26.6 Å². The molecule has 5 heteroatoms. The zero-order chi connectivity index (χ0) is 14.3. The van der Waals surface area contributed by atoms with Crippen LogP contribution in [0.25, 0.3) is 0 Å². The summed E-state index contributed by atoms with van der Waals surface area (Å²) in [5.74, 6) is -0.0679. The van der Waals surface area contributed by atoms with E-state index in [1.54, 1.807) is 6.07 Å². The molecule has 1 aliphatic rings. The van der Waals surface area contributed by atoms with Crippen molar-refractivity contribution in [1.29, 1.82) is 0 Å². The van der Waals surface area contributed by atoms with Crippen LogP contribution in [0.3, 0.4) is 0 Å². The predicted octanol–water partition coefficient (Wildman–Crippen LogP) is 4.52. The first-order valence-electron chi connectivity index (χ1n) is 6.17. The third-order valence-corrected chi connectivity index (χ3v) is 4.07. The number of rotatable bonds is 2. The van der Waals surface area contributed by atoms with Gasteiger partial charge in [0.05, 0.1) is 0 Å². The Labute approximate surface area is 130 Å². The normalized spacial score (nSPS) is 16.8. The van der Waals surface area contributed by atoms with Gasteiger partial charge < -0.3 is 10.6 Å². The Morgan fingerprint density at radius 1 is 1.25 bits per heavy atom. The lowest BCUT2D eigenvalue weighted by atomic mass is 10.1. The number of nitrogens with one attached hydrogen (secondary N) is 2. The smallest absolute Gasteiger partial charge is 0.251 e. The number of benzene rings is 2. The lowest BCUT2D eigenvalue weighted by Crippen LogP contribution is -2.20. The van der Waals surface area contributed by atoms with E-state index in [1.165, 1.54) is 0 Å². The van der Waals surface area contributed by atoms with Crippen LogP contribution in [0.15, 0.2) is 40.9 Å². The van der Waals surface area contributed by atoms with Crippen molar-refractivity contribution < 1.29 is 4.79 Å². The number of aryl methyl sites for hydroxylation is 1. The fourth-order valence-corrected chi connectivity index (χ4v) is 2.82. The lowest BCUT2D eigenvalue weighted by Gasteiger charge is -2.15. The predicted molar refractivity (Wildman–Crippen MR) is 85.3 cm³/mol. The first-order valence-corrected chi connectivity index (χ1v) is 7.35. The molecule has 0 radical (unpaired) electrons. The Morgan fingerprint density at radius 2 is 2.05 bits per heavy atom. The van der Waals surface area contributed by atoms with E-state index in [1.807, 2.05) is 37.3 Å². The highest BCUT2D eigenvalue weighted by molar-refractivity contribution is 9.10. The minimum Gasteiger partial charge on any atom is -0.370 e. The molecule has 0 aliphatic carbocycles. The summed E-state index contributed by atoms with van der Waals surface area (Å²) in [4.78, 5) is 12.1. The molecule has 0 saturated carbocycles. The Kier molecular flexibility index (Phi) is 3.44. The van der Waals surface area contributed by atoms with Crippen LogP contribution in [0.5, 0.6) is 0 Å². The number of anilines is 2. The van der Waals surface area contributed by atoms with E-state index >= 15 is 0 Å². The van der Waals surface area contributed by atoms with E-state index in [9.17, 15) is 4.79 Å². The van der Waals surface area contributed by atoms with Gasteiger partial charge in [-0.1, -0.05) is 33.6 Å². The number of carbonyl (C=O) groups excluding carboxylic acids is 1. The van der Waals surface area contributed by atoms with Crippen LogP contribution in [0, 0.1) is 6.92 Å². The second kappa shape index (κ2) is 5.11. The fraction of sp³-hybridized carbons (Fsp3) is 0.133. The highest BCUT2D eigenvalue weighted by atomic mass is 79.9. The van der Waals surface area contributed by atoms with Gasteiger partial charge in [0.15, 0.2) is 0 Å². The van der Waals surface area contributed by atoms with Crippen molar-refractivity contribution >= 4 is 44.8 Å². The molecule has 102 valence electrons. The molecule has 2 aromatic carbocycles. The monoisotopic (exact) mass is 350 g/mol. The van der Waals surface area contributed by atoms with Gasteiger partial charge in [0.25, 0.3) is 5.91 Å². The first-order chi connectivity index (χ1) is 9.54. The molecule has 2 N–H and O–H groups in total. The molecule has 0 aromatic heterocycles. The summed E-state index contributed by atoms with van der Waals surface area (Å²) in [6, 6.07) is 10.9. The summed E-state index contributed by atoms with van der Waals surface area (Å²) >= 11 is 9.46. The fourth-order valence-electron chi connectivity index (χ4n) is 2.28. The summed E-state index contributed by atoms with van der Waals surface area (Å²) < 4.78 is 0.968. The molecule has 1 atom stereocenters. The minimum absolute atomic E-state index is 0.0679. The van der Waals surface area contributed by atoms with Gasteiger partial charge in [-0.3, -0.25) is 4.79 Å². The number of amides is 1. The van der Waals surface area contributed by atoms with E-state index in [0.717, 1.165) is 27.0 Å². The maximum atomic E-state index is 12.1. The molecule has 3 rings (SSSR count). The van der Waals surface area contributed by atoms with Crippen molar-refractivity contribution in [2.45, 2.75) is 13.0 Å². The van der Waals surface area contributed by atoms with Gasteiger partial charge in [0.2, 0.25) is 0 Å². The van der Waals surface area contributed by atoms with Crippen molar-refractivity contribution in [3.8, 4) is 0 Å².